The molecular formula is C21H22FN7OS. The second-order valence-corrected chi connectivity index (χ2v) is 9.46. The number of nitrogens with zero attached hydrogens (tertiary/aromatic N) is 5. The smallest absolute Gasteiger partial charge is 0.236 e. The summed E-state index contributed by atoms with van der Waals surface area (Å²) in [4.78, 5) is 21.7. The van der Waals surface area contributed by atoms with Crippen LogP contribution in [-0.4, -0.2) is 50.1 Å². The minimum atomic E-state index is -1.32. The average molecular weight is 440 g/mol. The maximum absolute atomic E-state index is 14.5. The van der Waals surface area contributed by atoms with Crippen molar-refractivity contribution in [3.8, 4) is 16.6 Å². The fourth-order valence-corrected chi connectivity index (χ4v) is 5.20. The second-order valence-electron chi connectivity index (χ2n) is 8.48. The fourth-order valence-electron chi connectivity index (χ4n) is 4.21. The average Bonchev–Trinajstić information content (AvgIpc) is 3.15. The van der Waals surface area contributed by atoms with Gasteiger partial charge in [-0.05, 0) is 31.2 Å². The normalized spacial score (nSPS) is 22.3. The minimum absolute atomic E-state index is 0.00832. The van der Waals surface area contributed by atoms with Gasteiger partial charge in [0, 0.05) is 36.9 Å². The van der Waals surface area contributed by atoms with Crippen molar-refractivity contribution in [3.63, 3.8) is 0 Å². The number of halogens is 1. The van der Waals surface area contributed by atoms with Crippen LogP contribution in [0.25, 0.3) is 21.6 Å². The number of hydrogen-bond acceptors (Lipinski definition) is 7. The summed E-state index contributed by atoms with van der Waals surface area (Å²) in [5.41, 5.74) is 1.04. The molecule has 2 aliphatic rings. The number of nitriles is 1. The van der Waals surface area contributed by atoms with Gasteiger partial charge in [0.1, 0.15) is 12.1 Å². The number of carbonyl (C=O) groups excluding carboxylic acids is 1. The van der Waals surface area contributed by atoms with Crippen LogP contribution in [0.5, 0.6) is 0 Å². The van der Waals surface area contributed by atoms with Gasteiger partial charge in [0.2, 0.25) is 5.91 Å². The molecule has 0 aromatic carbocycles. The number of likely N-dealkylation sites (tertiary alicyclic amines) is 1. The Bertz CT molecular complexity index is 1180. The molecule has 1 aliphatic heterocycles. The Morgan fingerprint density at radius 3 is 3.06 bits per heavy atom. The number of aromatic amines is 1. The maximum atomic E-state index is 14.5. The predicted molar refractivity (Wildman–Crippen MR) is 115 cm³/mol. The topological polar surface area (TPSA) is 111 Å². The third-order valence-corrected chi connectivity index (χ3v) is 7.04. The molecular weight excluding hydrogens is 417 g/mol. The number of nitrogens with one attached hydrogen (secondary N) is 2. The Morgan fingerprint density at radius 1 is 1.45 bits per heavy atom. The molecule has 8 nitrogen and oxygen atoms in total. The molecule has 2 N–H and O–H groups in total. The molecule has 0 spiro atoms. The van der Waals surface area contributed by atoms with Crippen LogP contribution in [0.1, 0.15) is 37.6 Å². The number of anilines is 1. The number of piperidine rings is 1. The van der Waals surface area contributed by atoms with Crippen LogP contribution in [0, 0.1) is 17.2 Å². The molecule has 0 radical (unpaired) electrons. The molecule has 31 heavy (non-hydrogen) atoms. The molecule has 1 saturated heterocycles. The third kappa shape index (κ3) is 3.74. The van der Waals surface area contributed by atoms with Gasteiger partial charge in [-0.3, -0.25) is 4.79 Å². The van der Waals surface area contributed by atoms with Crippen molar-refractivity contribution in [2.24, 2.45) is 5.92 Å². The summed E-state index contributed by atoms with van der Waals surface area (Å²) in [5, 5.41) is 22.8. The van der Waals surface area contributed by atoms with Crippen molar-refractivity contribution in [1.29, 1.82) is 5.26 Å². The van der Waals surface area contributed by atoms with E-state index in [-0.39, 0.29) is 18.4 Å². The highest BCUT2D eigenvalue weighted by atomic mass is 32.1. The molecule has 3 aromatic heterocycles. The van der Waals surface area contributed by atoms with Gasteiger partial charge in [0.05, 0.1) is 17.3 Å². The van der Waals surface area contributed by atoms with Gasteiger partial charge in [0.25, 0.3) is 0 Å². The lowest BCUT2D eigenvalue weighted by Crippen LogP contribution is -2.48. The second kappa shape index (κ2) is 7.57. The molecule has 3 aromatic rings. The van der Waals surface area contributed by atoms with Crippen LogP contribution in [0.3, 0.4) is 0 Å². The van der Waals surface area contributed by atoms with Gasteiger partial charge in [-0.15, -0.1) is 10.2 Å². The zero-order chi connectivity index (χ0) is 21.6. The van der Waals surface area contributed by atoms with E-state index in [9.17, 15) is 9.18 Å². The van der Waals surface area contributed by atoms with E-state index in [1.54, 1.807) is 11.1 Å². The first-order valence-electron chi connectivity index (χ1n) is 10.4. The predicted octanol–water partition coefficient (Wildman–Crippen LogP) is 3.60. The van der Waals surface area contributed by atoms with Crippen LogP contribution in [0.2, 0.25) is 0 Å². The van der Waals surface area contributed by atoms with Crippen molar-refractivity contribution in [3.05, 3.63) is 23.5 Å². The summed E-state index contributed by atoms with van der Waals surface area (Å²) in [6, 6.07) is 3.90. The first kappa shape index (κ1) is 19.9. The highest BCUT2D eigenvalue weighted by Crippen LogP contribution is 2.51. The number of aromatic nitrogens is 4. The van der Waals surface area contributed by atoms with Crippen LogP contribution in [0.15, 0.2) is 18.5 Å². The lowest BCUT2D eigenvalue weighted by Gasteiger charge is -2.37. The highest BCUT2D eigenvalue weighted by Gasteiger charge is 2.48. The number of pyridine rings is 1. The van der Waals surface area contributed by atoms with Crippen LogP contribution >= 0.6 is 11.3 Å². The van der Waals surface area contributed by atoms with Crippen molar-refractivity contribution >= 4 is 34.0 Å². The van der Waals surface area contributed by atoms with Gasteiger partial charge in [-0.2, -0.15) is 5.26 Å². The standard InChI is InChI=1S/C21H22FN7OS/c1-12-8-13(11-29(10-12)16(30)2-6-23)26-17-14-3-7-24-18(14)25-9-15(17)19-27-28-20(31-19)21(22)4-5-21/h3,7,9,12-13H,2,4-5,8,10-11H2,1H3,(H2,24,25,26)/t12-,13+/m0/s1. The SMILES string of the molecule is C[C@H]1C[C@@H](Nc2c(-c3nnc(C4(F)CC4)s3)cnc3[nH]ccc23)CN(C(=O)CC#N)C1. The van der Waals surface area contributed by atoms with E-state index >= 15 is 0 Å². The van der Waals surface area contributed by atoms with Crippen LogP contribution in [-0.2, 0) is 10.5 Å². The number of fused-ring (bicyclic) bond motifs is 1. The van der Waals surface area contributed by atoms with E-state index in [2.05, 4.69) is 32.4 Å². The number of amides is 1. The molecule has 2 fully saturated rings. The molecule has 1 amide bonds. The third-order valence-electron chi connectivity index (χ3n) is 5.91. The van der Waals surface area contributed by atoms with Crippen molar-refractivity contribution < 1.29 is 9.18 Å². The van der Waals surface area contributed by atoms with Gasteiger partial charge in [-0.25, -0.2) is 9.37 Å². The summed E-state index contributed by atoms with van der Waals surface area (Å²) in [6.45, 7) is 3.28. The molecule has 1 saturated carbocycles. The van der Waals surface area contributed by atoms with Gasteiger partial charge in [0.15, 0.2) is 15.7 Å². The molecule has 2 atom stereocenters. The first-order valence-corrected chi connectivity index (χ1v) is 11.2. The van der Waals surface area contributed by atoms with Gasteiger partial charge in [-0.1, -0.05) is 18.3 Å². The number of H-pyrrole nitrogens is 1. The first-order chi connectivity index (χ1) is 15.0. The Kier molecular flexibility index (Phi) is 4.85. The maximum Gasteiger partial charge on any atom is 0.236 e. The van der Waals surface area contributed by atoms with Gasteiger partial charge < -0.3 is 15.2 Å². The summed E-state index contributed by atoms with van der Waals surface area (Å²) in [7, 11) is 0. The van der Waals surface area contributed by atoms with Gasteiger partial charge >= 0.3 is 0 Å². The number of alkyl halides is 1. The Labute approximate surface area is 182 Å². The van der Waals surface area contributed by atoms with E-state index < -0.39 is 5.67 Å². The highest BCUT2D eigenvalue weighted by molar-refractivity contribution is 7.14. The van der Waals surface area contributed by atoms with Crippen molar-refractivity contribution in [1.82, 2.24) is 25.1 Å². The fraction of sp³-hybridized carbons (Fsp3) is 0.476. The summed E-state index contributed by atoms with van der Waals surface area (Å²) < 4.78 is 14.5. The lowest BCUT2D eigenvalue weighted by molar-refractivity contribution is -0.132. The molecule has 0 bridgehead atoms. The quantitative estimate of drug-likeness (QED) is 0.628. The molecule has 0 unspecified atom stereocenters. The number of hydrogen-bond donors (Lipinski definition) is 2. The van der Waals surface area contributed by atoms with Crippen molar-refractivity contribution in [2.45, 2.75) is 44.3 Å². The van der Waals surface area contributed by atoms with E-state index in [1.807, 2.05) is 18.3 Å². The number of rotatable bonds is 5. The Hall–Kier alpha value is -3.06. The van der Waals surface area contributed by atoms with Crippen LogP contribution in [0.4, 0.5) is 10.1 Å². The summed E-state index contributed by atoms with van der Waals surface area (Å²) in [5.74, 6) is 0.157. The van der Waals surface area contributed by atoms with E-state index in [0.29, 0.717) is 41.9 Å². The summed E-state index contributed by atoms with van der Waals surface area (Å²) >= 11 is 1.27. The molecule has 160 valence electrons. The monoisotopic (exact) mass is 439 g/mol. The zero-order valence-electron chi connectivity index (χ0n) is 17.1. The molecule has 4 heterocycles. The van der Waals surface area contributed by atoms with E-state index in [0.717, 1.165) is 28.7 Å². The molecule has 10 heteroatoms. The zero-order valence-corrected chi connectivity index (χ0v) is 17.9. The van der Waals surface area contributed by atoms with E-state index in [1.165, 1.54) is 11.3 Å². The van der Waals surface area contributed by atoms with E-state index in [4.69, 9.17) is 5.26 Å². The Morgan fingerprint density at radius 2 is 2.29 bits per heavy atom. The van der Waals surface area contributed by atoms with Crippen molar-refractivity contribution in [2.75, 3.05) is 18.4 Å². The van der Waals surface area contributed by atoms with Crippen LogP contribution < -0.4 is 5.32 Å². The lowest BCUT2D eigenvalue weighted by atomic mass is 9.95. The Balaban J connectivity index is 1.48. The molecule has 5 rings (SSSR count). The molecule has 1 aliphatic carbocycles. The number of carbonyl (C=O) groups is 1. The summed E-state index contributed by atoms with van der Waals surface area (Å²) in [6.07, 6.45) is 5.32. The minimum Gasteiger partial charge on any atom is -0.379 e. The largest absolute Gasteiger partial charge is 0.379 e.